The molecule has 2 aromatic heterocycles. The fraction of sp³-hybridized carbons (Fsp3) is 0.0667. The minimum absolute atomic E-state index is 0.0476. The molecule has 8 heteroatoms. The molecule has 3 rings (SSSR count). The molecule has 23 heavy (non-hydrogen) atoms. The summed E-state index contributed by atoms with van der Waals surface area (Å²) < 4.78 is 13.2. The van der Waals surface area contributed by atoms with Gasteiger partial charge in [0.1, 0.15) is 5.82 Å². The van der Waals surface area contributed by atoms with E-state index in [1.54, 1.807) is 17.5 Å². The first-order valence-electron chi connectivity index (χ1n) is 6.62. The lowest BCUT2D eigenvalue weighted by Crippen LogP contribution is -1.96. The normalized spacial score (nSPS) is 11.6. The molecule has 0 fully saturated rings. The number of benzene rings is 1. The highest BCUT2D eigenvalue weighted by Crippen LogP contribution is 2.20. The van der Waals surface area contributed by atoms with Crippen LogP contribution < -0.4 is 0 Å². The quantitative estimate of drug-likeness (QED) is 0.426. The summed E-state index contributed by atoms with van der Waals surface area (Å²) in [4.78, 5) is 13.0. The number of H-pyrrole nitrogens is 1. The molecule has 0 saturated heterocycles. The van der Waals surface area contributed by atoms with Gasteiger partial charge in [0.05, 0.1) is 0 Å². The van der Waals surface area contributed by atoms with Gasteiger partial charge < -0.3 is 5.11 Å². The van der Waals surface area contributed by atoms with Crippen LogP contribution in [0.4, 0.5) is 4.39 Å². The van der Waals surface area contributed by atoms with E-state index in [0.29, 0.717) is 12.0 Å². The summed E-state index contributed by atoms with van der Waals surface area (Å²) in [5.41, 5.74) is 1.27. The summed E-state index contributed by atoms with van der Waals surface area (Å²) in [6.45, 7) is 0. The number of thiophene rings is 1. The Morgan fingerprint density at radius 1 is 1.39 bits per heavy atom. The summed E-state index contributed by atoms with van der Waals surface area (Å²) in [6.07, 6.45) is 1.58. The van der Waals surface area contributed by atoms with Crippen LogP contribution in [-0.2, 0) is 6.42 Å². The predicted octanol–water partition coefficient (Wildman–Crippen LogP) is 2.77. The van der Waals surface area contributed by atoms with Gasteiger partial charge in [-0.15, -0.1) is 21.5 Å². The third-order valence-electron chi connectivity index (χ3n) is 3.05. The van der Waals surface area contributed by atoms with Gasteiger partial charge in [0.25, 0.3) is 0 Å². The number of nitrogens with one attached hydrogen (secondary N) is 1. The second kappa shape index (κ2) is 6.49. The number of aliphatic hydroxyl groups excluding tert-OH is 1. The molecule has 2 N–H and O–H groups in total. The molecule has 3 aromatic rings. The van der Waals surface area contributed by atoms with Crippen molar-refractivity contribution in [2.75, 3.05) is 0 Å². The number of aromatic amines is 1. The number of hydrogen-bond donors (Lipinski definition) is 2. The number of nitrogens with zero attached hydrogens (tertiary/aromatic N) is 3. The smallest absolute Gasteiger partial charge is 0.239 e. The number of ketones is 1. The van der Waals surface area contributed by atoms with Gasteiger partial charge in [0, 0.05) is 28.3 Å². The average Bonchev–Trinajstić information content (AvgIpc) is 3.18. The zero-order valence-corrected chi connectivity index (χ0v) is 12.5. The molecule has 0 spiro atoms. The largest absolute Gasteiger partial charge is 0.504 e. The SMILES string of the molecule is O=C(C=C(O)c1nn[nH]n1)c1csc(Cc2cccc(F)c2)c1. The van der Waals surface area contributed by atoms with Gasteiger partial charge in [0.15, 0.2) is 11.5 Å². The van der Waals surface area contributed by atoms with Crippen molar-refractivity contribution in [1.29, 1.82) is 0 Å². The molecular formula is C15H11FN4O2S. The van der Waals surface area contributed by atoms with Crippen molar-refractivity contribution in [1.82, 2.24) is 20.6 Å². The molecular weight excluding hydrogens is 319 g/mol. The second-order valence-corrected chi connectivity index (χ2v) is 5.73. The Morgan fingerprint density at radius 2 is 2.26 bits per heavy atom. The summed E-state index contributed by atoms with van der Waals surface area (Å²) in [5.74, 6) is -1.06. The standard InChI is InChI=1S/C15H11FN4O2S/c16-11-3-1-2-9(4-11)5-12-6-10(8-23-12)13(21)7-14(22)15-17-19-20-18-15/h1-4,6-8,22H,5H2,(H,17,18,19,20). The lowest BCUT2D eigenvalue weighted by atomic mass is 10.1. The number of allylic oxidation sites excluding steroid dienone is 1. The zero-order valence-electron chi connectivity index (χ0n) is 11.7. The van der Waals surface area contributed by atoms with Gasteiger partial charge in [-0.3, -0.25) is 4.79 Å². The fourth-order valence-electron chi connectivity index (χ4n) is 1.99. The maximum Gasteiger partial charge on any atom is 0.239 e. The Kier molecular flexibility index (Phi) is 4.24. The van der Waals surface area contributed by atoms with Crippen LogP contribution >= 0.6 is 11.3 Å². The topological polar surface area (TPSA) is 91.8 Å². The maximum absolute atomic E-state index is 13.2. The molecule has 0 aliphatic carbocycles. The number of aliphatic hydroxyl groups is 1. The van der Waals surface area contributed by atoms with Crippen molar-refractivity contribution in [2.45, 2.75) is 6.42 Å². The van der Waals surface area contributed by atoms with Crippen LogP contribution in [0.5, 0.6) is 0 Å². The van der Waals surface area contributed by atoms with Gasteiger partial charge in [-0.1, -0.05) is 12.1 Å². The van der Waals surface area contributed by atoms with Crippen molar-refractivity contribution in [3.05, 3.63) is 69.4 Å². The van der Waals surface area contributed by atoms with E-state index in [2.05, 4.69) is 20.6 Å². The summed E-state index contributed by atoms with van der Waals surface area (Å²) >= 11 is 1.40. The zero-order chi connectivity index (χ0) is 16.2. The number of hydrogen-bond acceptors (Lipinski definition) is 6. The van der Waals surface area contributed by atoms with Crippen molar-refractivity contribution >= 4 is 22.9 Å². The van der Waals surface area contributed by atoms with Crippen LogP contribution in [0, 0.1) is 5.82 Å². The number of halogens is 1. The van der Waals surface area contributed by atoms with Crippen LogP contribution in [0.1, 0.15) is 26.6 Å². The van der Waals surface area contributed by atoms with Crippen LogP contribution in [0.25, 0.3) is 5.76 Å². The molecule has 2 heterocycles. The highest BCUT2D eigenvalue weighted by atomic mass is 32.1. The van der Waals surface area contributed by atoms with Gasteiger partial charge >= 0.3 is 0 Å². The number of carbonyl (C=O) groups excluding carboxylic acids is 1. The average molecular weight is 330 g/mol. The molecule has 116 valence electrons. The predicted molar refractivity (Wildman–Crippen MR) is 82.6 cm³/mol. The number of rotatable bonds is 5. The van der Waals surface area contributed by atoms with E-state index in [4.69, 9.17) is 0 Å². The van der Waals surface area contributed by atoms with Crippen LogP contribution in [-0.4, -0.2) is 31.5 Å². The summed E-state index contributed by atoms with van der Waals surface area (Å²) in [6, 6.07) is 8.04. The number of tetrazole rings is 1. The number of carbonyl (C=O) groups is 1. The van der Waals surface area contributed by atoms with Gasteiger partial charge in [0.2, 0.25) is 5.82 Å². The maximum atomic E-state index is 13.2. The lowest BCUT2D eigenvalue weighted by molar-refractivity contribution is 0.104. The Balaban J connectivity index is 1.74. The summed E-state index contributed by atoms with van der Waals surface area (Å²) in [7, 11) is 0. The van der Waals surface area contributed by atoms with Crippen molar-refractivity contribution in [2.24, 2.45) is 0 Å². The molecule has 0 saturated carbocycles. The Hall–Kier alpha value is -2.87. The van der Waals surface area contributed by atoms with E-state index in [-0.39, 0.29) is 23.2 Å². The minimum Gasteiger partial charge on any atom is -0.504 e. The first-order chi connectivity index (χ1) is 11.1. The molecule has 6 nitrogen and oxygen atoms in total. The van der Waals surface area contributed by atoms with E-state index in [0.717, 1.165) is 16.5 Å². The van der Waals surface area contributed by atoms with Crippen molar-refractivity contribution in [3.8, 4) is 0 Å². The Morgan fingerprint density at radius 3 is 3.00 bits per heavy atom. The monoisotopic (exact) mass is 330 g/mol. The fourth-order valence-corrected chi connectivity index (χ4v) is 2.90. The third-order valence-corrected chi connectivity index (χ3v) is 3.98. The molecule has 0 aliphatic heterocycles. The molecule has 0 radical (unpaired) electrons. The Bertz CT molecular complexity index is 858. The van der Waals surface area contributed by atoms with E-state index in [9.17, 15) is 14.3 Å². The van der Waals surface area contributed by atoms with Crippen LogP contribution in [0.3, 0.4) is 0 Å². The third kappa shape index (κ3) is 3.67. The Labute approximate surface area is 134 Å². The molecule has 0 bridgehead atoms. The highest BCUT2D eigenvalue weighted by Gasteiger charge is 2.11. The first kappa shape index (κ1) is 15.0. The molecule has 1 aromatic carbocycles. The minimum atomic E-state index is -0.367. The second-order valence-electron chi connectivity index (χ2n) is 4.74. The first-order valence-corrected chi connectivity index (χ1v) is 7.50. The van der Waals surface area contributed by atoms with E-state index in [1.165, 1.54) is 23.5 Å². The number of aromatic nitrogens is 4. The molecule has 0 unspecified atom stereocenters. The van der Waals surface area contributed by atoms with Crippen molar-refractivity contribution in [3.63, 3.8) is 0 Å². The van der Waals surface area contributed by atoms with Crippen LogP contribution in [0.2, 0.25) is 0 Å². The molecule has 0 aliphatic rings. The van der Waals surface area contributed by atoms with Gasteiger partial charge in [-0.2, -0.15) is 5.21 Å². The van der Waals surface area contributed by atoms with Crippen LogP contribution in [0.15, 0.2) is 41.8 Å². The highest BCUT2D eigenvalue weighted by molar-refractivity contribution is 7.10. The molecule has 0 amide bonds. The van der Waals surface area contributed by atoms with Gasteiger partial charge in [-0.05, 0) is 29.0 Å². The molecule has 0 atom stereocenters. The lowest BCUT2D eigenvalue weighted by Gasteiger charge is -1.98. The van der Waals surface area contributed by atoms with Gasteiger partial charge in [-0.25, -0.2) is 4.39 Å². The van der Waals surface area contributed by atoms with E-state index in [1.807, 2.05) is 6.07 Å². The van der Waals surface area contributed by atoms with E-state index >= 15 is 0 Å². The van der Waals surface area contributed by atoms with E-state index < -0.39 is 0 Å². The van der Waals surface area contributed by atoms with Crippen molar-refractivity contribution < 1.29 is 14.3 Å². The summed E-state index contributed by atoms with van der Waals surface area (Å²) in [5, 5.41) is 24.1.